The Kier molecular flexibility index (Phi) is 7.42. The van der Waals surface area contributed by atoms with Gasteiger partial charge in [-0.05, 0) is 42.2 Å². The Morgan fingerprint density at radius 3 is 2.62 bits per heavy atom. The van der Waals surface area contributed by atoms with E-state index in [0.29, 0.717) is 49.7 Å². The van der Waals surface area contributed by atoms with Gasteiger partial charge in [0.2, 0.25) is 5.91 Å². The fourth-order valence-corrected chi connectivity index (χ4v) is 5.50. The summed E-state index contributed by atoms with van der Waals surface area (Å²) in [5, 5.41) is 12.7. The smallest absolute Gasteiger partial charge is 0.228 e. The number of pyridine rings is 1. The molecule has 0 radical (unpaired) electrons. The quantitative estimate of drug-likeness (QED) is 0.574. The Morgan fingerprint density at radius 2 is 1.89 bits per heavy atom. The summed E-state index contributed by atoms with van der Waals surface area (Å²) in [5.41, 5.74) is 2.03. The molecule has 2 saturated heterocycles. The van der Waals surface area contributed by atoms with Crippen LogP contribution >= 0.6 is 0 Å². The van der Waals surface area contributed by atoms with Crippen LogP contribution in [-0.2, 0) is 4.79 Å². The molecule has 5 rings (SSSR count). The van der Waals surface area contributed by atoms with E-state index >= 15 is 0 Å². The first-order chi connectivity index (χ1) is 18.0. The lowest BCUT2D eigenvalue weighted by molar-refractivity contribution is -0.135. The van der Waals surface area contributed by atoms with Gasteiger partial charge in [-0.3, -0.25) is 4.79 Å². The Labute approximate surface area is 215 Å². The van der Waals surface area contributed by atoms with Crippen molar-refractivity contribution in [2.45, 2.75) is 24.8 Å². The van der Waals surface area contributed by atoms with Gasteiger partial charge < -0.3 is 15.1 Å². The molecule has 1 N–H and O–H groups in total. The topological polar surface area (TPSA) is 72.3 Å². The first-order valence-electron chi connectivity index (χ1n) is 12.7. The third-order valence-electron chi connectivity index (χ3n) is 7.41. The average molecular weight is 502 g/mol. The van der Waals surface area contributed by atoms with Gasteiger partial charge in [0.1, 0.15) is 23.5 Å². The lowest BCUT2D eigenvalue weighted by atomic mass is 9.87. The zero-order valence-electron chi connectivity index (χ0n) is 20.5. The molecule has 2 aromatic carbocycles. The van der Waals surface area contributed by atoms with E-state index in [1.807, 2.05) is 28.0 Å². The van der Waals surface area contributed by atoms with Gasteiger partial charge in [-0.1, -0.05) is 36.4 Å². The van der Waals surface area contributed by atoms with Crippen LogP contribution in [0.2, 0.25) is 0 Å². The van der Waals surface area contributed by atoms with Gasteiger partial charge in [0.15, 0.2) is 0 Å². The molecule has 0 aliphatic carbocycles. The molecule has 2 aliphatic heterocycles. The third-order valence-corrected chi connectivity index (χ3v) is 7.41. The highest BCUT2D eigenvalue weighted by atomic mass is 19.1. The molecule has 3 aromatic rings. The summed E-state index contributed by atoms with van der Waals surface area (Å²) in [4.78, 5) is 22.1. The molecule has 0 saturated carbocycles. The zero-order chi connectivity index (χ0) is 25.8. The predicted octanol–water partition coefficient (Wildman–Crippen LogP) is 4.40. The van der Waals surface area contributed by atoms with E-state index in [0.717, 1.165) is 18.9 Å². The fourth-order valence-electron chi connectivity index (χ4n) is 5.50. The van der Waals surface area contributed by atoms with Crippen molar-refractivity contribution < 1.29 is 13.6 Å². The lowest BCUT2D eigenvalue weighted by Crippen LogP contribution is -2.45. The Hall–Kier alpha value is -3.83. The first kappa shape index (κ1) is 24.8. The van der Waals surface area contributed by atoms with Crippen LogP contribution in [0.3, 0.4) is 0 Å². The first-order valence-corrected chi connectivity index (χ1v) is 12.7. The molecular weight excluding hydrogens is 472 g/mol. The molecule has 0 bridgehead atoms. The van der Waals surface area contributed by atoms with Crippen molar-refractivity contribution in [2.24, 2.45) is 5.92 Å². The number of hydrogen-bond acceptors (Lipinski definition) is 5. The number of nitrogens with one attached hydrogen (secondary N) is 1. The van der Waals surface area contributed by atoms with Gasteiger partial charge in [-0.15, -0.1) is 0 Å². The number of rotatable bonds is 4. The van der Waals surface area contributed by atoms with Gasteiger partial charge in [-0.2, -0.15) is 5.26 Å². The van der Waals surface area contributed by atoms with Gasteiger partial charge in [0, 0.05) is 56.9 Å². The summed E-state index contributed by atoms with van der Waals surface area (Å²) in [6, 6.07) is 19.6. The van der Waals surface area contributed by atoms with Crippen LogP contribution in [0.4, 0.5) is 14.6 Å². The van der Waals surface area contributed by atoms with Gasteiger partial charge in [-0.25, -0.2) is 13.8 Å². The Morgan fingerprint density at radius 1 is 1.05 bits per heavy atom. The lowest BCUT2D eigenvalue weighted by Gasteiger charge is -2.32. The minimum absolute atomic E-state index is 0.0233. The number of hydrogen-bond donors (Lipinski definition) is 1. The SMILES string of the molecule is N#Cc1ccc(N2CC(C(=O)N3CCCC(c4ccccc4)NCC3)C(c3ccc(F)cc3F)C2)nc1. The average Bonchev–Trinajstić information content (AvgIpc) is 3.34. The van der Waals surface area contributed by atoms with E-state index in [-0.39, 0.29) is 11.9 Å². The van der Waals surface area contributed by atoms with Crippen LogP contribution in [0.15, 0.2) is 66.9 Å². The van der Waals surface area contributed by atoms with E-state index in [1.54, 1.807) is 12.1 Å². The van der Waals surface area contributed by atoms with E-state index < -0.39 is 23.5 Å². The molecule has 3 unspecified atom stereocenters. The van der Waals surface area contributed by atoms with Crippen molar-refractivity contribution in [1.82, 2.24) is 15.2 Å². The largest absolute Gasteiger partial charge is 0.355 e. The summed E-state index contributed by atoms with van der Waals surface area (Å²) in [7, 11) is 0. The molecule has 1 aromatic heterocycles. The minimum atomic E-state index is -0.643. The second kappa shape index (κ2) is 11.1. The Balaban J connectivity index is 1.35. The number of carbonyl (C=O) groups excluding carboxylic acids is 1. The second-order valence-corrected chi connectivity index (χ2v) is 9.69. The number of aromatic nitrogens is 1. The second-order valence-electron chi connectivity index (χ2n) is 9.69. The van der Waals surface area contributed by atoms with Crippen LogP contribution in [0, 0.1) is 28.9 Å². The van der Waals surface area contributed by atoms with Crippen LogP contribution in [0.5, 0.6) is 0 Å². The summed E-state index contributed by atoms with van der Waals surface area (Å²) in [5.74, 6) is -1.62. The molecule has 37 heavy (non-hydrogen) atoms. The molecular formula is C29H29F2N5O. The number of amides is 1. The van der Waals surface area contributed by atoms with E-state index in [2.05, 4.69) is 28.5 Å². The number of nitrogens with zero attached hydrogens (tertiary/aromatic N) is 4. The normalized spacial score (nSPS) is 22.2. The van der Waals surface area contributed by atoms with Crippen LogP contribution in [0.25, 0.3) is 0 Å². The molecule has 6 nitrogen and oxygen atoms in total. The predicted molar refractivity (Wildman–Crippen MR) is 137 cm³/mol. The molecule has 8 heteroatoms. The number of nitriles is 1. The highest BCUT2D eigenvalue weighted by molar-refractivity contribution is 5.81. The van der Waals surface area contributed by atoms with Gasteiger partial charge in [0.25, 0.3) is 0 Å². The minimum Gasteiger partial charge on any atom is -0.355 e. The van der Waals surface area contributed by atoms with Crippen molar-refractivity contribution in [2.75, 3.05) is 37.6 Å². The van der Waals surface area contributed by atoms with Crippen LogP contribution in [0.1, 0.15) is 41.5 Å². The number of halogens is 2. The maximum Gasteiger partial charge on any atom is 0.228 e. The van der Waals surface area contributed by atoms with Crippen molar-refractivity contribution in [3.05, 3.63) is 95.2 Å². The van der Waals surface area contributed by atoms with E-state index in [9.17, 15) is 13.6 Å². The Bertz CT molecular complexity index is 1270. The molecule has 190 valence electrons. The number of benzene rings is 2. The number of carbonyl (C=O) groups is 1. The van der Waals surface area contributed by atoms with Crippen molar-refractivity contribution >= 4 is 11.7 Å². The molecule has 2 fully saturated rings. The summed E-state index contributed by atoms with van der Waals surface area (Å²) >= 11 is 0. The molecule has 3 heterocycles. The standard InChI is InChI=1S/C29H29F2N5O/c30-22-9-10-23(26(31)15-22)24-18-36(28-11-8-20(16-32)17-34-28)19-25(24)29(37)35-13-4-7-27(33-12-14-35)21-5-2-1-3-6-21/h1-3,5-6,8-11,15,17,24-25,27,33H,4,7,12-14,18-19H2. The molecule has 1 amide bonds. The zero-order valence-corrected chi connectivity index (χ0v) is 20.5. The third kappa shape index (κ3) is 5.47. The highest BCUT2D eigenvalue weighted by Crippen LogP contribution is 2.37. The van der Waals surface area contributed by atoms with E-state index in [4.69, 9.17) is 5.26 Å². The fraction of sp³-hybridized carbons (Fsp3) is 0.345. The monoisotopic (exact) mass is 501 g/mol. The highest BCUT2D eigenvalue weighted by Gasteiger charge is 2.42. The van der Waals surface area contributed by atoms with Gasteiger partial charge >= 0.3 is 0 Å². The number of anilines is 1. The van der Waals surface area contributed by atoms with E-state index in [1.165, 1.54) is 23.9 Å². The van der Waals surface area contributed by atoms with Crippen molar-refractivity contribution in [3.63, 3.8) is 0 Å². The summed E-state index contributed by atoms with van der Waals surface area (Å²) in [6.45, 7) is 2.60. The van der Waals surface area contributed by atoms with Crippen LogP contribution < -0.4 is 10.2 Å². The van der Waals surface area contributed by atoms with Crippen molar-refractivity contribution in [1.29, 1.82) is 5.26 Å². The van der Waals surface area contributed by atoms with Gasteiger partial charge in [0.05, 0.1) is 11.5 Å². The molecule has 0 spiro atoms. The maximum atomic E-state index is 14.9. The summed E-state index contributed by atoms with van der Waals surface area (Å²) in [6.07, 6.45) is 3.25. The molecule has 3 atom stereocenters. The maximum absolute atomic E-state index is 14.9. The molecule has 2 aliphatic rings. The summed E-state index contributed by atoms with van der Waals surface area (Å²) < 4.78 is 28.6. The van der Waals surface area contributed by atoms with Crippen LogP contribution in [-0.4, -0.2) is 48.5 Å². The van der Waals surface area contributed by atoms with Crippen molar-refractivity contribution in [3.8, 4) is 6.07 Å².